The van der Waals surface area contributed by atoms with Crippen molar-refractivity contribution in [1.82, 2.24) is 19.9 Å². The maximum Gasteiger partial charge on any atom is 0.227 e. The van der Waals surface area contributed by atoms with Crippen LogP contribution in [0.3, 0.4) is 0 Å². The fraction of sp³-hybridized carbons (Fsp3) is 0.0169. The van der Waals surface area contributed by atoms with Gasteiger partial charge in [0.25, 0.3) is 0 Å². The fourth-order valence-corrected chi connectivity index (χ4v) is 9.40. The molecule has 0 spiro atoms. The van der Waals surface area contributed by atoms with Crippen LogP contribution < -0.4 is 0 Å². The molecule has 0 radical (unpaired) electrons. The highest BCUT2D eigenvalue weighted by atomic mass is 16.3. The first-order chi connectivity index (χ1) is 31.7. The number of fused-ring (bicyclic) bond motifs is 4. The molecule has 0 N–H and O–H groups in total. The van der Waals surface area contributed by atoms with Gasteiger partial charge < -0.3 is 4.42 Å². The monoisotopic (exact) mass is 818 g/mol. The zero-order valence-corrected chi connectivity index (χ0v) is 34.6. The van der Waals surface area contributed by atoms with Gasteiger partial charge in [0.1, 0.15) is 5.52 Å². The van der Waals surface area contributed by atoms with E-state index in [2.05, 4.69) is 188 Å². The summed E-state index contributed by atoms with van der Waals surface area (Å²) in [6, 6.07) is 80.6. The summed E-state index contributed by atoms with van der Waals surface area (Å²) in [7, 11) is 0. The third-order valence-corrected chi connectivity index (χ3v) is 12.5. The van der Waals surface area contributed by atoms with Gasteiger partial charge in [-0.3, -0.25) is 0 Å². The minimum absolute atomic E-state index is 0.601. The topological polar surface area (TPSA) is 64.7 Å². The molecule has 0 unspecified atom stereocenters. The van der Waals surface area contributed by atoms with Crippen molar-refractivity contribution in [2.24, 2.45) is 0 Å². The van der Waals surface area contributed by atoms with Crippen molar-refractivity contribution in [2.45, 2.75) is 5.41 Å². The van der Waals surface area contributed by atoms with E-state index < -0.39 is 5.41 Å². The van der Waals surface area contributed by atoms with Gasteiger partial charge in [-0.05, 0) is 79.9 Å². The van der Waals surface area contributed by atoms with Gasteiger partial charge in [0.05, 0.1) is 5.41 Å². The third kappa shape index (κ3) is 6.33. The molecule has 300 valence electrons. The molecule has 0 bridgehead atoms. The number of aromatic nitrogens is 4. The van der Waals surface area contributed by atoms with Crippen molar-refractivity contribution in [3.63, 3.8) is 0 Å². The van der Waals surface area contributed by atoms with Crippen molar-refractivity contribution in [2.75, 3.05) is 0 Å². The van der Waals surface area contributed by atoms with Crippen molar-refractivity contribution in [3.8, 4) is 79.0 Å². The molecule has 11 aromatic rings. The van der Waals surface area contributed by atoms with E-state index in [1.807, 2.05) is 42.5 Å². The highest BCUT2D eigenvalue weighted by molar-refractivity contribution is 5.88. The van der Waals surface area contributed by atoms with Crippen molar-refractivity contribution < 1.29 is 4.42 Å². The quantitative estimate of drug-likeness (QED) is 0.153. The summed E-state index contributed by atoms with van der Waals surface area (Å²) >= 11 is 0. The Kier molecular flexibility index (Phi) is 8.97. The smallest absolute Gasteiger partial charge is 0.227 e. The van der Waals surface area contributed by atoms with Crippen LogP contribution in [0.15, 0.2) is 235 Å². The molecule has 5 nitrogen and oxygen atoms in total. The molecule has 2 aromatic heterocycles. The highest BCUT2D eigenvalue weighted by Crippen LogP contribution is 2.56. The lowest BCUT2D eigenvalue weighted by Crippen LogP contribution is -2.28. The minimum Gasteiger partial charge on any atom is -0.436 e. The molecule has 1 aliphatic carbocycles. The predicted octanol–water partition coefficient (Wildman–Crippen LogP) is 14.4. The van der Waals surface area contributed by atoms with Crippen LogP contribution in [0.2, 0.25) is 0 Å². The van der Waals surface area contributed by atoms with Crippen LogP contribution in [0, 0.1) is 0 Å². The van der Waals surface area contributed by atoms with Gasteiger partial charge in [0.15, 0.2) is 23.1 Å². The molecule has 0 saturated heterocycles. The van der Waals surface area contributed by atoms with Gasteiger partial charge in [-0.25, -0.2) is 19.9 Å². The van der Waals surface area contributed by atoms with E-state index in [1.54, 1.807) is 0 Å². The number of hydrogen-bond acceptors (Lipinski definition) is 5. The van der Waals surface area contributed by atoms with Crippen LogP contribution in [-0.4, -0.2) is 19.9 Å². The summed E-state index contributed by atoms with van der Waals surface area (Å²) in [6.45, 7) is 0. The number of hydrogen-bond donors (Lipinski definition) is 0. The maximum atomic E-state index is 6.51. The zero-order valence-electron chi connectivity index (χ0n) is 34.6. The van der Waals surface area contributed by atoms with Gasteiger partial charge in [-0.15, -0.1) is 0 Å². The van der Waals surface area contributed by atoms with Gasteiger partial charge in [0.2, 0.25) is 5.89 Å². The average molecular weight is 819 g/mol. The number of benzene rings is 9. The van der Waals surface area contributed by atoms with Gasteiger partial charge >= 0.3 is 0 Å². The number of oxazole rings is 1. The molecule has 0 atom stereocenters. The number of rotatable bonds is 8. The summed E-state index contributed by atoms with van der Waals surface area (Å²) in [4.78, 5) is 20.3. The third-order valence-electron chi connectivity index (χ3n) is 12.5. The van der Waals surface area contributed by atoms with E-state index in [1.165, 1.54) is 22.3 Å². The Morgan fingerprint density at radius 2 is 0.672 bits per heavy atom. The molecule has 64 heavy (non-hydrogen) atoms. The molecule has 0 amide bonds. The second-order valence-electron chi connectivity index (χ2n) is 16.2. The van der Waals surface area contributed by atoms with Crippen LogP contribution in [-0.2, 0) is 5.41 Å². The number of nitrogens with zero attached hydrogens (tertiary/aromatic N) is 4. The fourth-order valence-electron chi connectivity index (χ4n) is 9.40. The first kappa shape index (κ1) is 37.2. The lowest BCUT2D eigenvalue weighted by molar-refractivity contribution is 0.618. The molecule has 9 aromatic carbocycles. The summed E-state index contributed by atoms with van der Waals surface area (Å²) in [5.74, 6) is 2.43. The second kappa shape index (κ2) is 15.4. The van der Waals surface area contributed by atoms with Crippen molar-refractivity contribution in [3.05, 3.63) is 253 Å². The molecule has 2 heterocycles. The Balaban J connectivity index is 0.993. The minimum atomic E-state index is -0.643. The Labute approximate surface area is 371 Å². The van der Waals surface area contributed by atoms with Crippen LogP contribution in [0.5, 0.6) is 0 Å². The highest BCUT2D eigenvalue weighted by Gasteiger charge is 2.46. The Morgan fingerprint density at radius 1 is 0.297 bits per heavy atom. The predicted molar refractivity (Wildman–Crippen MR) is 257 cm³/mol. The molecular weight excluding hydrogens is 781 g/mol. The van der Waals surface area contributed by atoms with E-state index in [0.717, 1.165) is 66.7 Å². The van der Waals surface area contributed by atoms with E-state index in [4.69, 9.17) is 24.4 Å². The lowest BCUT2D eigenvalue weighted by Gasteiger charge is -2.33. The molecule has 5 heteroatoms. The standard InChI is InChI=1S/C59H38N4O/c1-4-14-39(15-5-1)41-24-28-43(29-25-41)55-61-56(44-30-26-42(27-31-44)40-16-6-2-7-17-40)63-57(62-55)45-32-34-47(35-33-45)59(51-22-12-10-20-49(51)50-21-11-13-23-52(50)59)48-36-37-53-54(38-48)64-58(60-53)46-18-8-3-9-19-46/h1-38H. The van der Waals surface area contributed by atoms with E-state index in [9.17, 15) is 0 Å². The Hall–Kier alpha value is -8.54. The average Bonchev–Trinajstić information content (AvgIpc) is 3.95. The van der Waals surface area contributed by atoms with Crippen LogP contribution >= 0.6 is 0 Å². The molecular formula is C59H38N4O. The Bertz CT molecular complexity index is 3310. The summed E-state index contributed by atoms with van der Waals surface area (Å²) < 4.78 is 6.51. The van der Waals surface area contributed by atoms with E-state index >= 15 is 0 Å². The normalized spacial score (nSPS) is 12.5. The Morgan fingerprint density at radius 3 is 1.16 bits per heavy atom. The molecule has 1 aliphatic rings. The zero-order chi connectivity index (χ0) is 42.5. The summed E-state index contributed by atoms with van der Waals surface area (Å²) in [5, 5.41) is 0. The van der Waals surface area contributed by atoms with Crippen molar-refractivity contribution in [1.29, 1.82) is 0 Å². The molecule has 0 aliphatic heterocycles. The summed E-state index contributed by atoms with van der Waals surface area (Å²) in [5.41, 5.74) is 16.3. The first-order valence-electron chi connectivity index (χ1n) is 21.5. The van der Waals surface area contributed by atoms with Gasteiger partial charge in [-0.1, -0.05) is 206 Å². The second-order valence-corrected chi connectivity index (χ2v) is 16.2. The van der Waals surface area contributed by atoms with Gasteiger partial charge in [0, 0.05) is 22.3 Å². The van der Waals surface area contributed by atoms with Crippen LogP contribution in [0.4, 0.5) is 0 Å². The van der Waals surface area contributed by atoms with Gasteiger partial charge in [-0.2, -0.15) is 0 Å². The molecule has 0 saturated carbocycles. The lowest BCUT2D eigenvalue weighted by atomic mass is 9.67. The molecule has 12 rings (SSSR count). The summed E-state index contributed by atoms with van der Waals surface area (Å²) in [6.07, 6.45) is 0. The van der Waals surface area contributed by atoms with Crippen molar-refractivity contribution >= 4 is 11.1 Å². The van der Waals surface area contributed by atoms with Crippen LogP contribution in [0.25, 0.3) is 90.1 Å². The van der Waals surface area contributed by atoms with E-state index in [-0.39, 0.29) is 0 Å². The van der Waals surface area contributed by atoms with E-state index in [0.29, 0.717) is 23.4 Å². The SMILES string of the molecule is c1ccc(-c2ccc(-c3nc(-c4ccc(-c5ccccc5)cc4)nc(-c4ccc(C5(c6ccc7nc(-c8ccccc8)oc7c6)c6ccccc6-c6ccccc65)cc4)n3)cc2)cc1. The molecule has 0 fully saturated rings. The first-order valence-corrected chi connectivity index (χ1v) is 21.5. The largest absolute Gasteiger partial charge is 0.436 e. The maximum absolute atomic E-state index is 6.51. The van der Waals surface area contributed by atoms with Crippen LogP contribution in [0.1, 0.15) is 22.3 Å².